The molecule has 72 valence electrons. The van der Waals surface area contributed by atoms with Crippen molar-refractivity contribution in [3.63, 3.8) is 0 Å². The number of hydrogen-bond donors (Lipinski definition) is 2. The molecule has 3 heteroatoms. The summed E-state index contributed by atoms with van der Waals surface area (Å²) >= 11 is 0. The van der Waals surface area contributed by atoms with Gasteiger partial charge in [0, 0.05) is 5.69 Å². The van der Waals surface area contributed by atoms with Gasteiger partial charge in [0.25, 0.3) is 0 Å². The molecule has 0 unspecified atom stereocenters. The van der Waals surface area contributed by atoms with Gasteiger partial charge in [-0.3, -0.25) is 0 Å². The quantitative estimate of drug-likeness (QED) is 0.619. The Morgan fingerprint density at radius 3 is 2.54 bits per heavy atom. The molecule has 3 N–H and O–H groups in total. The van der Waals surface area contributed by atoms with Gasteiger partial charge in [-0.25, -0.2) is 0 Å². The summed E-state index contributed by atoms with van der Waals surface area (Å²) in [5, 5.41) is 3.37. The van der Waals surface area contributed by atoms with Crippen molar-refractivity contribution in [2.75, 3.05) is 18.8 Å². The number of fused-ring (bicyclic) bond motifs is 1. The molecule has 2 rings (SSSR count). The van der Waals surface area contributed by atoms with Crippen LogP contribution in [0.15, 0.2) is 18.2 Å². The third kappa shape index (κ3) is 2.36. The lowest BCUT2D eigenvalue weighted by Crippen LogP contribution is -2.16. The van der Waals surface area contributed by atoms with E-state index in [0.717, 1.165) is 31.6 Å². The molecule has 1 aliphatic rings. The van der Waals surface area contributed by atoms with Crippen molar-refractivity contribution in [3.05, 3.63) is 29.3 Å². The maximum absolute atomic E-state index is 5.71. The molecule has 0 aromatic heterocycles. The molecule has 0 spiro atoms. The van der Waals surface area contributed by atoms with Crippen LogP contribution in [-0.2, 0) is 12.8 Å². The summed E-state index contributed by atoms with van der Waals surface area (Å²) in [7, 11) is 0. The Bertz CT molecular complexity index is 286. The minimum Gasteiger partial charge on any atom is -0.399 e. The molecule has 0 fully saturated rings. The number of hydrogen-bond acceptors (Lipinski definition) is 2. The van der Waals surface area contributed by atoms with Crippen LogP contribution in [0.25, 0.3) is 0 Å². The van der Waals surface area contributed by atoms with E-state index in [9.17, 15) is 0 Å². The van der Waals surface area contributed by atoms with Gasteiger partial charge in [0.15, 0.2) is 0 Å². The number of nitrogens with one attached hydrogen (secondary N) is 1. The van der Waals surface area contributed by atoms with Crippen LogP contribution >= 0.6 is 12.4 Å². The molecule has 0 radical (unpaired) electrons. The average molecular weight is 199 g/mol. The summed E-state index contributed by atoms with van der Waals surface area (Å²) in [5.74, 6) is 0. The van der Waals surface area contributed by atoms with Gasteiger partial charge >= 0.3 is 0 Å². The van der Waals surface area contributed by atoms with Crippen molar-refractivity contribution in [3.8, 4) is 0 Å². The highest BCUT2D eigenvalue weighted by atomic mass is 35.5. The van der Waals surface area contributed by atoms with Crippen molar-refractivity contribution in [2.24, 2.45) is 0 Å². The number of rotatable bonds is 0. The molecule has 13 heavy (non-hydrogen) atoms. The van der Waals surface area contributed by atoms with E-state index in [4.69, 9.17) is 5.73 Å². The monoisotopic (exact) mass is 198 g/mol. The predicted octanol–water partition coefficient (Wildman–Crippen LogP) is 1.38. The lowest BCUT2D eigenvalue weighted by Gasteiger charge is -2.04. The van der Waals surface area contributed by atoms with E-state index in [2.05, 4.69) is 17.4 Å². The van der Waals surface area contributed by atoms with Gasteiger partial charge in [-0.15, -0.1) is 12.4 Å². The smallest absolute Gasteiger partial charge is 0.0316 e. The number of halogens is 1. The molecule has 0 atom stereocenters. The van der Waals surface area contributed by atoms with Crippen LogP contribution < -0.4 is 11.1 Å². The highest BCUT2D eigenvalue weighted by Gasteiger charge is 2.06. The van der Waals surface area contributed by atoms with Crippen molar-refractivity contribution >= 4 is 18.1 Å². The van der Waals surface area contributed by atoms with E-state index < -0.39 is 0 Å². The normalized spacial score (nSPS) is 15.4. The molecule has 2 nitrogen and oxygen atoms in total. The first kappa shape index (κ1) is 10.4. The Morgan fingerprint density at radius 1 is 1.08 bits per heavy atom. The Hall–Kier alpha value is -0.730. The summed E-state index contributed by atoms with van der Waals surface area (Å²) in [5.41, 5.74) is 9.47. The van der Waals surface area contributed by atoms with Crippen LogP contribution in [0.1, 0.15) is 11.1 Å². The second kappa shape index (κ2) is 4.49. The SMILES string of the molecule is Cl.Nc1ccc2c(c1)CCNCC2. The fourth-order valence-corrected chi connectivity index (χ4v) is 1.69. The van der Waals surface area contributed by atoms with E-state index in [1.54, 1.807) is 0 Å². The van der Waals surface area contributed by atoms with Crippen molar-refractivity contribution in [2.45, 2.75) is 12.8 Å². The van der Waals surface area contributed by atoms with Gasteiger partial charge < -0.3 is 11.1 Å². The Morgan fingerprint density at radius 2 is 1.77 bits per heavy atom. The molecule has 0 amide bonds. The van der Waals surface area contributed by atoms with E-state index in [1.165, 1.54) is 11.1 Å². The molecular formula is C10H15ClN2. The second-order valence-electron chi connectivity index (χ2n) is 3.28. The highest BCUT2D eigenvalue weighted by molar-refractivity contribution is 5.85. The number of nitrogens with two attached hydrogens (primary N) is 1. The topological polar surface area (TPSA) is 38.0 Å². The minimum atomic E-state index is 0. The molecule has 1 aromatic carbocycles. The zero-order chi connectivity index (χ0) is 8.39. The summed E-state index contributed by atoms with van der Waals surface area (Å²) in [6.45, 7) is 2.17. The van der Waals surface area contributed by atoms with Gasteiger partial charge in [0.05, 0.1) is 0 Å². The van der Waals surface area contributed by atoms with Crippen LogP contribution in [0, 0.1) is 0 Å². The van der Waals surface area contributed by atoms with Gasteiger partial charge in [0.1, 0.15) is 0 Å². The number of anilines is 1. The van der Waals surface area contributed by atoms with E-state index in [0.29, 0.717) is 0 Å². The molecule has 0 aliphatic carbocycles. The second-order valence-corrected chi connectivity index (χ2v) is 3.28. The summed E-state index contributed by atoms with van der Waals surface area (Å²) in [6, 6.07) is 6.24. The Labute approximate surface area is 84.9 Å². The maximum Gasteiger partial charge on any atom is 0.0316 e. The van der Waals surface area contributed by atoms with Gasteiger partial charge in [-0.05, 0) is 49.2 Å². The van der Waals surface area contributed by atoms with Crippen molar-refractivity contribution in [1.82, 2.24) is 5.32 Å². The lowest BCUT2D eigenvalue weighted by atomic mass is 10.0. The van der Waals surface area contributed by atoms with Crippen LogP contribution in [-0.4, -0.2) is 13.1 Å². The molecular weight excluding hydrogens is 184 g/mol. The minimum absolute atomic E-state index is 0. The molecule has 1 aliphatic heterocycles. The Balaban J connectivity index is 0.000000845. The van der Waals surface area contributed by atoms with Crippen LogP contribution in [0.2, 0.25) is 0 Å². The first-order valence-electron chi connectivity index (χ1n) is 4.44. The van der Waals surface area contributed by atoms with Crippen LogP contribution in [0.4, 0.5) is 5.69 Å². The van der Waals surface area contributed by atoms with Crippen molar-refractivity contribution < 1.29 is 0 Å². The fraction of sp³-hybridized carbons (Fsp3) is 0.400. The van der Waals surface area contributed by atoms with E-state index >= 15 is 0 Å². The number of benzene rings is 1. The van der Waals surface area contributed by atoms with Crippen molar-refractivity contribution in [1.29, 1.82) is 0 Å². The molecule has 1 aromatic rings. The van der Waals surface area contributed by atoms with E-state index in [-0.39, 0.29) is 12.4 Å². The lowest BCUT2D eigenvalue weighted by molar-refractivity contribution is 0.711. The predicted molar refractivity (Wildman–Crippen MR) is 58.4 cm³/mol. The average Bonchev–Trinajstić information content (AvgIpc) is 2.28. The molecule has 0 saturated heterocycles. The third-order valence-corrected chi connectivity index (χ3v) is 2.37. The summed E-state index contributed by atoms with van der Waals surface area (Å²) < 4.78 is 0. The summed E-state index contributed by atoms with van der Waals surface area (Å²) in [4.78, 5) is 0. The largest absolute Gasteiger partial charge is 0.399 e. The third-order valence-electron chi connectivity index (χ3n) is 2.37. The Kier molecular flexibility index (Phi) is 3.58. The standard InChI is InChI=1S/C10H14N2.ClH/c11-10-2-1-8-3-5-12-6-4-9(8)7-10;/h1-2,7,12H,3-6,11H2;1H. The van der Waals surface area contributed by atoms with Gasteiger partial charge in [-0.2, -0.15) is 0 Å². The molecule has 0 saturated carbocycles. The van der Waals surface area contributed by atoms with Gasteiger partial charge in [-0.1, -0.05) is 6.07 Å². The van der Waals surface area contributed by atoms with Gasteiger partial charge in [0.2, 0.25) is 0 Å². The highest BCUT2D eigenvalue weighted by Crippen LogP contribution is 2.15. The zero-order valence-corrected chi connectivity index (χ0v) is 8.36. The maximum atomic E-state index is 5.71. The van der Waals surface area contributed by atoms with E-state index in [1.807, 2.05) is 6.07 Å². The zero-order valence-electron chi connectivity index (χ0n) is 7.55. The molecule has 1 heterocycles. The number of nitrogen functional groups attached to an aromatic ring is 1. The molecule has 0 bridgehead atoms. The van der Waals surface area contributed by atoms with Crippen LogP contribution in [0.3, 0.4) is 0 Å². The first-order valence-corrected chi connectivity index (χ1v) is 4.44. The van der Waals surface area contributed by atoms with Crippen LogP contribution in [0.5, 0.6) is 0 Å². The summed E-state index contributed by atoms with van der Waals surface area (Å²) in [6.07, 6.45) is 2.25. The first-order chi connectivity index (χ1) is 5.86. The fourth-order valence-electron chi connectivity index (χ4n) is 1.69.